The van der Waals surface area contributed by atoms with Crippen LogP contribution in [0.2, 0.25) is 0 Å². The average molecular weight is 208 g/mol. The average Bonchev–Trinajstić information content (AvgIpc) is 2.08. The van der Waals surface area contributed by atoms with Crippen molar-refractivity contribution in [2.75, 3.05) is 0 Å². The molecular formula is C12H16O3. The molecule has 0 aliphatic heterocycles. The number of carboxylic acids is 1. The summed E-state index contributed by atoms with van der Waals surface area (Å²) >= 11 is 0. The minimum absolute atomic E-state index is 0.00370. The zero-order chi connectivity index (χ0) is 11.4. The van der Waals surface area contributed by atoms with E-state index in [4.69, 9.17) is 9.84 Å². The molecule has 0 aromatic heterocycles. The van der Waals surface area contributed by atoms with Crippen LogP contribution in [0.5, 0.6) is 5.75 Å². The van der Waals surface area contributed by atoms with Crippen LogP contribution < -0.4 is 4.74 Å². The number of aryl methyl sites for hydroxylation is 1. The first kappa shape index (κ1) is 11.6. The predicted molar refractivity (Wildman–Crippen MR) is 58.3 cm³/mol. The number of carboxylic acid groups (broad SMARTS) is 1. The van der Waals surface area contributed by atoms with Crippen LogP contribution >= 0.6 is 0 Å². The number of hydrogen-bond donors (Lipinski definition) is 1. The second-order valence-corrected chi connectivity index (χ2v) is 3.85. The molecule has 0 bridgehead atoms. The van der Waals surface area contributed by atoms with Crippen molar-refractivity contribution >= 4 is 5.97 Å². The van der Waals surface area contributed by atoms with Crippen LogP contribution in [0.4, 0.5) is 0 Å². The van der Waals surface area contributed by atoms with E-state index >= 15 is 0 Å². The van der Waals surface area contributed by atoms with Crippen LogP contribution in [0.1, 0.15) is 25.0 Å². The summed E-state index contributed by atoms with van der Waals surface area (Å²) in [5.74, 6) is -0.174. The second-order valence-electron chi connectivity index (χ2n) is 3.85. The first-order chi connectivity index (χ1) is 6.99. The molecule has 0 amide bonds. The molecule has 0 heterocycles. The third-order valence-corrected chi connectivity index (χ3v) is 1.92. The van der Waals surface area contributed by atoms with Crippen LogP contribution in [-0.2, 0) is 11.2 Å². The topological polar surface area (TPSA) is 46.5 Å². The molecule has 3 nitrogen and oxygen atoms in total. The molecule has 1 aromatic carbocycles. The molecule has 1 rings (SSSR count). The van der Waals surface area contributed by atoms with Crippen molar-refractivity contribution in [3.8, 4) is 5.75 Å². The maximum absolute atomic E-state index is 10.7. The van der Waals surface area contributed by atoms with Crippen LogP contribution in [0.15, 0.2) is 18.2 Å². The summed E-state index contributed by atoms with van der Waals surface area (Å²) in [5.41, 5.74) is 1.78. The zero-order valence-electron chi connectivity index (χ0n) is 9.28. The second kappa shape index (κ2) is 4.82. The third kappa shape index (κ3) is 3.62. The molecule has 0 aliphatic carbocycles. The fourth-order valence-corrected chi connectivity index (χ4v) is 1.38. The predicted octanol–water partition coefficient (Wildman–Crippen LogP) is 2.41. The van der Waals surface area contributed by atoms with Crippen LogP contribution in [0, 0.1) is 6.92 Å². The van der Waals surface area contributed by atoms with Crippen molar-refractivity contribution in [2.45, 2.75) is 33.3 Å². The van der Waals surface area contributed by atoms with E-state index in [-0.39, 0.29) is 12.5 Å². The Morgan fingerprint density at radius 2 is 2.13 bits per heavy atom. The highest BCUT2D eigenvalue weighted by Gasteiger charge is 2.09. The van der Waals surface area contributed by atoms with Crippen LogP contribution in [-0.4, -0.2) is 17.2 Å². The summed E-state index contributed by atoms with van der Waals surface area (Å²) in [6, 6.07) is 5.60. The number of hydrogen-bond acceptors (Lipinski definition) is 2. The Kier molecular flexibility index (Phi) is 3.72. The van der Waals surface area contributed by atoms with Gasteiger partial charge in [0, 0.05) is 5.56 Å². The van der Waals surface area contributed by atoms with Gasteiger partial charge < -0.3 is 9.84 Å². The molecule has 0 unspecified atom stereocenters. The van der Waals surface area contributed by atoms with Gasteiger partial charge in [-0.15, -0.1) is 0 Å². The lowest BCUT2D eigenvalue weighted by atomic mass is 10.1. The van der Waals surface area contributed by atoms with Gasteiger partial charge in [0.1, 0.15) is 5.75 Å². The number of rotatable bonds is 4. The van der Waals surface area contributed by atoms with Crippen LogP contribution in [0.3, 0.4) is 0 Å². The fraction of sp³-hybridized carbons (Fsp3) is 0.417. The van der Waals surface area contributed by atoms with Gasteiger partial charge in [0.25, 0.3) is 0 Å². The largest absolute Gasteiger partial charge is 0.491 e. The van der Waals surface area contributed by atoms with Gasteiger partial charge in [-0.1, -0.05) is 17.7 Å². The summed E-state index contributed by atoms with van der Waals surface area (Å²) in [6.45, 7) is 5.78. The molecular weight excluding hydrogens is 192 g/mol. The number of ether oxygens (including phenoxy) is 1. The van der Waals surface area contributed by atoms with Gasteiger partial charge in [0.05, 0.1) is 12.5 Å². The fourth-order valence-electron chi connectivity index (χ4n) is 1.38. The van der Waals surface area contributed by atoms with Gasteiger partial charge in [-0.05, 0) is 26.8 Å². The van der Waals surface area contributed by atoms with E-state index < -0.39 is 5.97 Å². The molecule has 0 saturated carbocycles. The zero-order valence-corrected chi connectivity index (χ0v) is 9.28. The molecule has 82 valence electrons. The van der Waals surface area contributed by atoms with E-state index in [1.807, 2.05) is 39.0 Å². The summed E-state index contributed by atoms with van der Waals surface area (Å²) < 4.78 is 5.54. The Morgan fingerprint density at radius 3 is 2.67 bits per heavy atom. The molecule has 0 radical (unpaired) electrons. The lowest BCUT2D eigenvalue weighted by Gasteiger charge is -2.13. The third-order valence-electron chi connectivity index (χ3n) is 1.92. The van der Waals surface area contributed by atoms with Gasteiger partial charge in [-0.3, -0.25) is 4.79 Å². The highest BCUT2D eigenvalue weighted by atomic mass is 16.5. The first-order valence-corrected chi connectivity index (χ1v) is 4.97. The first-order valence-electron chi connectivity index (χ1n) is 4.97. The van der Waals surface area contributed by atoms with Gasteiger partial charge in [-0.2, -0.15) is 0 Å². The standard InChI is InChI=1S/C12H16O3/c1-8(2)15-11-5-4-9(3)6-10(11)7-12(13)14/h4-6,8H,7H2,1-3H3,(H,13,14). The number of aliphatic carboxylic acids is 1. The minimum Gasteiger partial charge on any atom is -0.491 e. The smallest absolute Gasteiger partial charge is 0.307 e. The van der Waals surface area contributed by atoms with E-state index in [1.54, 1.807) is 0 Å². The van der Waals surface area contributed by atoms with Crippen molar-refractivity contribution in [1.29, 1.82) is 0 Å². The maximum atomic E-state index is 10.7. The Balaban J connectivity index is 2.97. The van der Waals surface area contributed by atoms with Crippen molar-refractivity contribution in [3.05, 3.63) is 29.3 Å². The molecule has 0 saturated heterocycles. The normalized spacial score (nSPS) is 10.4. The Bertz CT molecular complexity index is 356. The monoisotopic (exact) mass is 208 g/mol. The Labute approximate surface area is 89.7 Å². The molecule has 0 fully saturated rings. The van der Waals surface area contributed by atoms with E-state index in [1.165, 1.54) is 0 Å². The number of benzene rings is 1. The van der Waals surface area contributed by atoms with E-state index in [2.05, 4.69) is 0 Å². The lowest BCUT2D eigenvalue weighted by molar-refractivity contribution is -0.136. The Morgan fingerprint density at radius 1 is 1.47 bits per heavy atom. The molecule has 3 heteroatoms. The highest BCUT2D eigenvalue weighted by molar-refractivity contribution is 5.71. The molecule has 1 N–H and O–H groups in total. The quantitative estimate of drug-likeness (QED) is 0.826. The summed E-state index contributed by atoms with van der Waals surface area (Å²) in [5, 5.41) is 8.76. The lowest BCUT2D eigenvalue weighted by Crippen LogP contribution is -2.09. The van der Waals surface area contributed by atoms with Crippen molar-refractivity contribution in [2.24, 2.45) is 0 Å². The summed E-state index contributed by atoms with van der Waals surface area (Å²) in [4.78, 5) is 10.7. The molecule has 0 aliphatic rings. The highest BCUT2D eigenvalue weighted by Crippen LogP contribution is 2.21. The number of carbonyl (C=O) groups is 1. The van der Waals surface area contributed by atoms with Gasteiger partial charge in [0.15, 0.2) is 0 Å². The van der Waals surface area contributed by atoms with E-state index in [0.29, 0.717) is 5.75 Å². The van der Waals surface area contributed by atoms with Crippen molar-refractivity contribution in [3.63, 3.8) is 0 Å². The summed E-state index contributed by atoms with van der Waals surface area (Å²) in [6.07, 6.45) is 0.0595. The minimum atomic E-state index is -0.839. The van der Waals surface area contributed by atoms with Gasteiger partial charge in [0.2, 0.25) is 0 Å². The summed E-state index contributed by atoms with van der Waals surface area (Å²) in [7, 11) is 0. The SMILES string of the molecule is Cc1ccc(OC(C)C)c(CC(=O)O)c1. The Hall–Kier alpha value is -1.51. The van der Waals surface area contributed by atoms with E-state index in [0.717, 1.165) is 11.1 Å². The van der Waals surface area contributed by atoms with Crippen molar-refractivity contribution < 1.29 is 14.6 Å². The molecule has 1 aromatic rings. The van der Waals surface area contributed by atoms with Crippen molar-refractivity contribution in [1.82, 2.24) is 0 Å². The maximum Gasteiger partial charge on any atom is 0.307 e. The van der Waals surface area contributed by atoms with Gasteiger partial charge in [-0.25, -0.2) is 0 Å². The van der Waals surface area contributed by atoms with Gasteiger partial charge >= 0.3 is 5.97 Å². The van der Waals surface area contributed by atoms with Crippen LogP contribution in [0.25, 0.3) is 0 Å². The molecule has 15 heavy (non-hydrogen) atoms. The molecule has 0 spiro atoms. The van der Waals surface area contributed by atoms with E-state index in [9.17, 15) is 4.79 Å². The molecule has 0 atom stereocenters.